The molecule has 2 amide bonds. The Balaban J connectivity index is 1.64. The summed E-state index contributed by atoms with van der Waals surface area (Å²) in [4.78, 5) is 30.1. The van der Waals surface area contributed by atoms with Crippen LogP contribution in [0.15, 0.2) is 40.7 Å². The van der Waals surface area contributed by atoms with Crippen LogP contribution in [0.1, 0.15) is 44.6 Å². The number of amides is 2. The zero-order valence-electron chi connectivity index (χ0n) is 17.3. The number of rotatable bonds is 9. The van der Waals surface area contributed by atoms with Crippen molar-refractivity contribution in [1.29, 1.82) is 0 Å². The Morgan fingerprint density at radius 2 is 1.97 bits per heavy atom. The van der Waals surface area contributed by atoms with Crippen molar-refractivity contribution in [2.75, 3.05) is 17.6 Å². The molecule has 1 fully saturated rings. The van der Waals surface area contributed by atoms with Gasteiger partial charge in [0.2, 0.25) is 0 Å². The maximum Gasteiger partial charge on any atom is 0.323 e. The Bertz CT molecular complexity index is 820. The van der Waals surface area contributed by atoms with Gasteiger partial charge in [0, 0.05) is 12.6 Å². The maximum atomic E-state index is 13.1. The molecule has 2 N–H and O–H groups in total. The Kier molecular flexibility index (Phi) is 8.57. The van der Waals surface area contributed by atoms with E-state index in [2.05, 4.69) is 29.4 Å². The molecule has 0 atom stereocenters. The van der Waals surface area contributed by atoms with Crippen LogP contribution in [0.4, 0.5) is 9.93 Å². The fourth-order valence-electron chi connectivity index (χ4n) is 3.89. The van der Waals surface area contributed by atoms with Crippen molar-refractivity contribution in [3.05, 3.63) is 42.1 Å². The monoisotopic (exact) mass is 447 g/mol. The average molecular weight is 448 g/mol. The molecule has 30 heavy (non-hydrogen) atoms. The van der Waals surface area contributed by atoms with Gasteiger partial charge < -0.3 is 10.0 Å². The number of thiazole rings is 1. The number of carbonyl (C=O) groups is 2. The number of benzene rings is 1. The fourth-order valence-corrected chi connectivity index (χ4v) is 5.47. The standard InChI is InChI=1S/C22H29N3O3S2/c1-2-16-8-10-18(11-9-16)25(13-12-17-6-4-3-5-7-17)22(28)24-21-23-14-20(30-21)29-15-19(26)27/h3-7,14,16,18H,2,8-13,15H2,1H3,(H,26,27)(H,23,24,28)/t16-,18-. The molecule has 3 rings (SSSR count). The molecule has 1 heterocycles. The summed E-state index contributed by atoms with van der Waals surface area (Å²) in [6.07, 6.45) is 8.07. The van der Waals surface area contributed by atoms with Crippen LogP contribution in [0.5, 0.6) is 0 Å². The van der Waals surface area contributed by atoms with Gasteiger partial charge in [0.25, 0.3) is 0 Å². The van der Waals surface area contributed by atoms with E-state index >= 15 is 0 Å². The van der Waals surface area contributed by atoms with E-state index in [9.17, 15) is 9.59 Å². The first-order valence-corrected chi connectivity index (χ1v) is 12.3. The van der Waals surface area contributed by atoms with Crippen LogP contribution in [0, 0.1) is 5.92 Å². The first kappa shape index (κ1) is 22.6. The number of nitrogens with zero attached hydrogens (tertiary/aromatic N) is 2. The minimum Gasteiger partial charge on any atom is -0.481 e. The third-order valence-corrected chi connectivity index (χ3v) is 7.71. The molecule has 0 saturated heterocycles. The molecular formula is C22H29N3O3S2. The Morgan fingerprint density at radius 3 is 2.63 bits per heavy atom. The molecule has 6 nitrogen and oxygen atoms in total. The molecule has 1 saturated carbocycles. The minimum absolute atomic E-state index is 0.0144. The predicted octanol–water partition coefficient (Wildman–Crippen LogP) is 5.37. The van der Waals surface area contributed by atoms with E-state index in [1.165, 1.54) is 47.9 Å². The van der Waals surface area contributed by atoms with Crippen LogP contribution < -0.4 is 5.32 Å². The minimum atomic E-state index is -0.867. The Hall–Kier alpha value is -2.06. The summed E-state index contributed by atoms with van der Waals surface area (Å²) in [5.41, 5.74) is 1.22. The van der Waals surface area contributed by atoms with Gasteiger partial charge in [0.15, 0.2) is 5.13 Å². The van der Waals surface area contributed by atoms with Crippen LogP contribution >= 0.6 is 23.1 Å². The molecule has 1 aliphatic rings. The van der Waals surface area contributed by atoms with E-state index in [4.69, 9.17) is 5.11 Å². The number of urea groups is 1. The van der Waals surface area contributed by atoms with E-state index in [0.717, 1.165) is 29.4 Å². The Labute approximate surface area is 186 Å². The maximum absolute atomic E-state index is 13.1. The second kappa shape index (κ2) is 11.4. The summed E-state index contributed by atoms with van der Waals surface area (Å²) < 4.78 is 0.784. The average Bonchev–Trinajstić information content (AvgIpc) is 3.21. The van der Waals surface area contributed by atoms with E-state index in [1.807, 2.05) is 23.1 Å². The third kappa shape index (κ3) is 6.74. The number of carboxylic acid groups (broad SMARTS) is 1. The second-order valence-electron chi connectivity index (χ2n) is 7.61. The van der Waals surface area contributed by atoms with Crippen LogP contribution in [0.3, 0.4) is 0 Å². The lowest BCUT2D eigenvalue weighted by Crippen LogP contribution is -2.45. The molecule has 1 aliphatic carbocycles. The van der Waals surface area contributed by atoms with Crippen molar-refractivity contribution >= 4 is 40.2 Å². The topological polar surface area (TPSA) is 82.5 Å². The normalized spacial score (nSPS) is 18.7. The number of carbonyl (C=O) groups excluding carboxylic acids is 1. The van der Waals surface area contributed by atoms with Gasteiger partial charge in [0.1, 0.15) is 0 Å². The molecule has 0 spiro atoms. The van der Waals surface area contributed by atoms with E-state index < -0.39 is 5.97 Å². The number of aromatic nitrogens is 1. The van der Waals surface area contributed by atoms with Gasteiger partial charge in [-0.1, -0.05) is 55.0 Å². The van der Waals surface area contributed by atoms with Crippen molar-refractivity contribution in [2.24, 2.45) is 5.92 Å². The number of aliphatic carboxylic acids is 1. The number of thioether (sulfide) groups is 1. The fraction of sp³-hybridized carbons (Fsp3) is 0.500. The van der Waals surface area contributed by atoms with Gasteiger partial charge in [-0.05, 0) is 43.6 Å². The van der Waals surface area contributed by atoms with E-state index in [0.29, 0.717) is 11.7 Å². The van der Waals surface area contributed by atoms with Crippen molar-refractivity contribution in [1.82, 2.24) is 9.88 Å². The second-order valence-corrected chi connectivity index (χ2v) is 9.92. The molecule has 162 valence electrons. The van der Waals surface area contributed by atoms with Gasteiger partial charge in [-0.3, -0.25) is 10.1 Å². The van der Waals surface area contributed by atoms with Crippen molar-refractivity contribution < 1.29 is 14.7 Å². The van der Waals surface area contributed by atoms with Gasteiger partial charge >= 0.3 is 12.0 Å². The largest absolute Gasteiger partial charge is 0.481 e. The highest BCUT2D eigenvalue weighted by atomic mass is 32.2. The lowest BCUT2D eigenvalue weighted by molar-refractivity contribution is -0.133. The number of hydrogen-bond donors (Lipinski definition) is 2. The summed E-state index contributed by atoms with van der Waals surface area (Å²) in [7, 11) is 0. The number of hydrogen-bond acceptors (Lipinski definition) is 5. The van der Waals surface area contributed by atoms with Gasteiger partial charge in [-0.15, -0.1) is 11.8 Å². The first-order chi connectivity index (χ1) is 14.5. The molecule has 0 unspecified atom stereocenters. The van der Waals surface area contributed by atoms with Crippen LogP contribution in [-0.4, -0.2) is 45.3 Å². The highest BCUT2D eigenvalue weighted by Crippen LogP contribution is 2.31. The Morgan fingerprint density at radius 1 is 1.23 bits per heavy atom. The molecule has 2 aromatic rings. The third-order valence-electron chi connectivity index (χ3n) is 5.62. The lowest BCUT2D eigenvalue weighted by atomic mass is 9.84. The molecule has 1 aromatic heterocycles. The summed E-state index contributed by atoms with van der Waals surface area (Å²) in [6, 6.07) is 10.4. The molecule has 0 aliphatic heterocycles. The van der Waals surface area contributed by atoms with Crippen molar-refractivity contribution in [3.63, 3.8) is 0 Å². The molecule has 0 bridgehead atoms. The van der Waals surface area contributed by atoms with Crippen molar-refractivity contribution in [3.8, 4) is 0 Å². The summed E-state index contributed by atoms with van der Waals surface area (Å²) in [6.45, 7) is 2.91. The molecular weight excluding hydrogens is 418 g/mol. The predicted molar refractivity (Wildman–Crippen MR) is 122 cm³/mol. The number of nitrogens with one attached hydrogen (secondary N) is 1. The van der Waals surface area contributed by atoms with Gasteiger partial charge in [0.05, 0.1) is 16.2 Å². The summed E-state index contributed by atoms with van der Waals surface area (Å²) >= 11 is 2.53. The smallest absolute Gasteiger partial charge is 0.323 e. The molecule has 0 radical (unpaired) electrons. The van der Waals surface area contributed by atoms with Crippen LogP contribution in [-0.2, 0) is 11.2 Å². The van der Waals surface area contributed by atoms with E-state index in [1.54, 1.807) is 6.20 Å². The lowest BCUT2D eigenvalue weighted by Gasteiger charge is -2.36. The zero-order chi connectivity index (χ0) is 21.3. The van der Waals surface area contributed by atoms with Gasteiger partial charge in [-0.25, -0.2) is 9.78 Å². The van der Waals surface area contributed by atoms with Crippen LogP contribution in [0.2, 0.25) is 0 Å². The van der Waals surface area contributed by atoms with Crippen molar-refractivity contribution in [2.45, 2.75) is 55.7 Å². The van der Waals surface area contributed by atoms with Crippen LogP contribution in [0.25, 0.3) is 0 Å². The van der Waals surface area contributed by atoms with Gasteiger partial charge in [-0.2, -0.15) is 0 Å². The number of carboxylic acids is 1. The quantitative estimate of drug-likeness (QED) is 0.505. The highest BCUT2D eigenvalue weighted by molar-refractivity contribution is 8.01. The molecule has 1 aromatic carbocycles. The highest BCUT2D eigenvalue weighted by Gasteiger charge is 2.28. The first-order valence-electron chi connectivity index (χ1n) is 10.5. The number of anilines is 1. The van der Waals surface area contributed by atoms with E-state index in [-0.39, 0.29) is 17.8 Å². The molecule has 8 heteroatoms. The summed E-state index contributed by atoms with van der Waals surface area (Å²) in [5.74, 6) is -0.110. The zero-order valence-corrected chi connectivity index (χ0v) is 18.9. The summed E-state index contributed by atoms with van der Waals surface area (Å²) in [5, 5.41) is 12.3. The SMILES string of the molecule is CC[C@H]1CC[C@H](N(CCc2ccccc2)C(=O)Nc2ncc(SCC(=O)O)s2)CC1.